The van der Waals surface area contributed by atoms with Gasteiger partial charge in [0, 0.05) is 28.0 Å². The van der Waals surface area contributed by atoms with Crippen molar-refractivity contribution in [3.05, 3.63) is 59.5 Å². The van der Waals surface area contributed by atoms with Crippen LogP contribution in [0.5, 0.6) is 11.5 Å². The number of nitrogens with zero attached hydrogens (tertiary/aromatic N) is 6. The van der Waals surface area contributed by atoms with Crippen molar-refractivity contribution in [1.82, 2.24) is 5.01 Å². The molecule has 0 bridgehead atoms. The highest BCUT2D eigenvalue weighted by Gasteiger charge is 2.28. The van der Waals surface area contributed by atoms with Gasteiger partial charge in [0.15, 0.2) is 21.7 Å². The lowest BCUT2D eigenvalue weighted by molar-refractivity contribution is -0.135. The van der Waals surface area contributed by atoms with Crippen LogP contribution in [-0.2, 0) is 29.5 Å². The van der Waals surface area contributed by atoms with E-state index >= 15 is 0 Å². The molecule has 0 fully saturated rings. The van der Waals surface area contributed by atoms with Gasteiger partial charge < -0.3 is 42.9 Å². The Morgan fingerprint density at radius 2 is 1.46 bits per heavy atom. The minimum Gasteiger partial charge on any atom is -0.505 e. The predicted molar refractivity (Wildman–Crippen MR) is 203 cm³/mol. The fraction of sp³-hybridized carbons (Fsp3) is 0.143. The average molecular weight is 880 g/mol. The molecule has 4 aromatic carbocycles. The van der Waals surface area contributed by atoms with Crippen LogP contribution in [0.4, 0.5) is 28.4 Å². The number of hydrogen-bond donors (Lipinski definition) is 9. The van der Waals surface area contributed by atoms with Crippen LogP contribution in [0.25, 0.3) is 10.8 Å². The summed E-state index contributed by atoms with van der Waals surface area (Å²) in [6, 6.07) is 10.5. The molecular weight excluding hydrogens is 851 g/mol. The molecule has 23 nitrogen and oxygen atoms in total. The number of nitroso groups, excluding NO2 is 1. The van der Waals surface area contributed by atoms with Crippen LogP contribution in [0.1, 0.15) is 0 Å². The van der Waals surface area contributed by atoms with Crippen molar-refractivity contribution in [3.8, 4) is 22.9 Å². The molecule has 302 valence electrons. The van der Waals surface area contributed by atoms with Gasteiger partial charge in [0.1, 0.15) is 50.2 Å². The second-order valence-electron chi connectivity index (χ2n) is 10.7. The molecule has 0 aliphatic heterocycles. The van der Waals surface area contributed by atoms with E-state index < -0.39 is 69.0 Å². The lowest BCUT2D eigenvalue weighted by Gasteiger charge is -2.22. The molecule has 0 spiro atoms. The van der Waals surface area contributed by atoms with Crippen molar-refractivity contribution in [2.75, 3.05) is 32.2 Å². The fourth-order valence-electron chi connectivity index (χ4n) is 4.41. The number of hydrogen-bond acceptors (Lipinski definition) is 22. The Balaban J connectivity index is 1.79. The van der Waals surface area contributed by atoms with E-state index in [0.29, 0.717) is 11.8 Å². The topological polar surface area (TPSA) is 366 Å². The molecule has 0 unspecified atom stereocenters. The number of anilines is 1. The van der Waals surface area contributed by atoms with E-state index in [1.807, 2.05) is 0 Å². The molecule has 0 atom stereocenters. The number of thioether (sulfide) groups is 1. The normalized spacial score (nSPS) is 13.1. The van der Waals surface area contributed by atoms with Crippen molar-refractivity contribution in [2.24, 2.45) is 25.7 Å². The maximum atomic E-state index is 12.9. The molecular formula is C28H29N7O16S5. The highest BCUT2D eigenvalue weighted by atomic mass is 32.3. The zero-order chi connectivity index (χ0) is 41.6. The van der Waals surface area contributed by atoms with Crippen LogP contribution in [0.15, 0.2) is 99.9 Å². The Labute approximate surface area is 324 Å². The van der Waals surface area contributed by atoms with E-state index in [1.165, 1.54) is 44.5 Å². The summed E-state index contributed by atoms with van der Waals surface area (Å²) >= 11 is 0.629. The van der Waals surface area contributed by atoms with E-state index in [-0.39, 0.29) is 55.6 Å². The van der Waals surface area contributed by atoms with Gasteiger partial charge in [0.05, 0.1) is 45.1 Å². The molecule has 0 aliphatic carbocycles. The summed E-state index contributed by atoms with van der Waals surface area (Å²) in [5.74, 6) is -1.29. The van der Waals surface area contributed by atoms with Gasteiger partial charge in [-0.2, -0.15) is 8.42 Å². The van der Waals surface area contributed by atoms with Crippen LogP contribution in [0.2, 0.25) is 0 Å². The third kappa shape index (κ3) is 11.1. The van der Waals surface area contributed by atoms with Gasteiger partial charge in [-0.05, 0) is 70.7 Å². The smallest absolute Gasteiger partial charge is 0.433 e. The van der Waals surface area contributed by atoms with E-state index in [9.17, 15) is 54.2 Å². The van der Waals surface area contributed by atoms with Crippen molar-refractivity contribution < 1.29 is 67.8 Å². The highest BCUT2D eigenvalue weighted by molar-refractivity contribution is 8.19. The SMILES string of the molecule is COc1ccc(S(=O)(=O)CCN(C)N=O)cc1N=Nc1c(S(O)(O)O)cc2c(N=Nc3ccc(SC#COOS(=O)(=O)O)cc3S(O)(O)O)c(N)ccc2c1O. The predicted octanol–water partition coefficient (Wildman–Crippen LogP) is 7.28. The first-order chi connectivity index (χ1) is 26.1. The number of azo groups is 2. The molecule has 0 heterocycles. The van der Waals surface area contributed by atoms with Gasteiger partial charge in [-0.15, -0.1) is 25.4 Å². The largest absolute Gasteiger partial charge is 0.505 e. The Morgan fingerprint density at radius 1 is 0.804 bits per heavy atom. The summed E-state index contributed by atoms with van der Waals surface area (Å²) in [5.41, 5.74) is 4.53. The molecule has 10 N–H and O–H groups in total. The minimum atomic E-state index is -4.94. The number of nitrogens with two attached hydrogens (primary N) is 1. The van der Waals surface area contributed by atoms with Crippen molar-refractivity contribution in [2.45, 2.75) is 19.6 Å². The van der Waals surface area contributed by atoms with Gasteiger partial charge in [-0.3, -0.25) is 14.4 Å². The molecule has 0 aliphatic rings. The summed E-state index contributed by atoms with van der Waals surface area (Å²) in [5, 5.41) is 32.6. The molecule has 0 amide bonds. The summed E-state index contributed by atoms with van der Waals surface area (Å²) in [4.78, 5) is 13.2. The second-order valence-corrected chi connectivity index (χ2v) is 17.7. The number of sulfone groups is 1. The van der Waals surface area contributed by atoms with Gasteiger partial charge in [0.2, 0.25) is 0 Å². The lowest BCUT2D eigenvalue weighted by Crippen LogP contribution is -2.21. The molecule has 0 saturated heterocycles. The molecule has 0 radical (unpaired) electrons. The Morgan fingerprint density at radius 3 is 2.09 bits per heavy atom. The summed E-state index contributed by atoms with van der Waals surface area (Å²) < 4.78 is 126. The number of fused-ring (bicyclic) bond motifs is 1. The molecule has 0 aromatic heterocycles. The monoisotopic (exact) mass is 879 g/mol. The minimum absolute atomic E-state index is 0.00462. The highest BCUT2D eigenvalue weighted by Crippen LogP contribution is 2.56. The van der Waals surface area contributed by atoms with Gasteiger partial charge in [-0.25, -0.2) is 8.42 Å². The average Bonchev–Trinajstić information content (AvgIpc) is 3.11. The van der Waals surface area contributed by atoms with Gasteiger partial charge in [0.25, 0.3) is 0 Å². The van der Waals surface area contributed by atoms with Crippen molar-refractivity contribution in [3.63, 3.8) is 0 Å². The number of benzene rings is 4. The van der Waals surface area contributed by atoms with E-state index in [4.69, 9.17) is 15.0 Å². The zero-order valence-corrected chi connectivity index (χ0v) is 32.3. The standard InChI is InChI=1S/C28H29N7O16S5/c1-35(34-37)9-12-53(38,39)17-4-8-23(49-2)22(14-17)31-33-27-25(55(43,44)45)15-19-18(28(27)36)5-6-20(29)26(19)32-30-21-7-3-16(13-24(21)54(40,41)42)52-11-10-50-51-56(46,47)48/h3-8,13-15,36,40-45H,9,12,29H2,1-2H3,(H,46,47,48). The number of ether oxygens (including phenoxy) is 1. The van der Waals surface area contributed by atoms with Crippen molar-refractivity contribution >= 4 is 92.9 Å². The summed E-state index contributed by atoms with van der Waals surface area (Å²) in [6.45, 7) is -0.226. The second kappa shape index (κ2) is 17.5. The summed E-state index contributed by atoms with van der Waals surface area (Å²) in [7, 11) is -15.6. The number of methoxy groups -OCH3 is 1. The van der Waals surface area contributed by atoms with E-state index in [2.05, 4.69) is 40.2 Å². The lowest BCUT2D eigenvalue weighted by atomic mass is 10.1. The molecule has 28 heteroatoms. The first kappa shape index (κ1) is 43.9. The number of aromatic hydroxyl groups is 1. The molecule has 0 saturated carbocycles. The number of nitrogen functional groups attached to an aromatic ring is 1. The van der Waals surface area contributed by atoms with Crippen LogP contribution >= 0.6 is 33.5 Å². The third-order valence-corrected chi connectivity index (χ3v) is 11.4. The van der Waals surface area contributed by atoms with Crippen molar-refractivity contribution in [1.29, 1.82) is 0 Å². The maximum Gasteiger partial charge on any atom is 0.433 e. The first-order valence-corrected chi connectivity index (χ1v) is 21.4. The molecule has 4 aromatic rings. The maximum absolute atomic E-state index is 12.9. The van der Waals surface area contributed by atoms with Crippen LogP contribution in [-0.4, -0.2) is 85.3 Å². The zero-order valence-electron chi connectivity index (χ0n) is 28.3. The molecule has 4 rings (SSSR count). The Hall–Kier alpha value is -4.87. The number of rotatable bonds is 15. The Kier molecular flexibility index (Phi) is 13.7. The molecule has 56 heavy (non-hydrogen) atoms. The van der Waals surface area contributed by atoms with Gasteiger partial charge >= 0.3 is 10.4 Å². The first-order valence-electron chi connectivity index (χ1n) is 14.6. The van der Waals surface area contributed by atoms with Crippen LogP contribution < -0.4 is 10.5 Å². The third-order valence-electron chi connectivity index (χ3n) is 6.98. The van der Waals surface area contributed by atoms with Crippen LogP contribution in [0, 0.1) is 16.3 Å². The number of phenolic OH excluding ortho intramolecular Hbond substituents is 1. The van der Waals surface area contributed by atoms with Gasteiger partial charge in [-0.1, -0.05) is 0 Å². The quantitative estimate of drug-likeness (QED) is 0.00827. The Bertz CT molecular complexity index is 2500. The van der Waals surface area contributed by atoms with Crippen LogP contribution in [0.3, 0.4) is 0 Å². The van der Waals surface area contributed by atoms with E-state index in [1.54, 1.807) is 6.11 Å². The van der Waals surface area contributed by atoms with E-state index in [0.717, 1.165) is 29.3 Å². The fourth-order valence-corrected chi connectivity index (χ4v) is 7.77. The number of phenols is 1. The summed E-state index contributed by atoms with van der Waals surface area (Å²) in [6.07, 6.45) is 1.79.